The number of rotatable bonds is 2. The van der Waals surface area contributed by atoms with E-state index in [0.717, 1.165) is 0 Å². The molecule has 1 unspecified atom stereocenters. The Kier molecular flexibility index (Phi) is 16.2. The van der Waals surface area contributed by atoms with Gasteiger partial charge in [0.2, 0.25) is 0 Å². The average Bonchev–Trinajstić information content (AvgIpc) is 1.87. The van der Waals surface area contributed by atoms with Gasteiger partial charge in [0.05, 0.1) is 0 Å². The number of aliphatic carboxylic acids is 1. The topological polar surface area (TPSA) is 103 Å². The van der Waals surface area contributed by atoms with E-state index in [0.29, 0.717) is 0 Å². The smallest absolute Gasteiger partial charge is 0.554 e. The summed E-state index contributed by atoms with van der Waals surface area (Å²) >= 11 is 0. The molecule has 0 saturated heterocycles. The molecule has 0 heterocycles. The van der Waals surface area contributed by atoms with E-state index in [2.05, 4.69) is 0 Å². The van der Waals surface area contributed by atoms with Crippen molar-refractivity contribution in [2.45, 2.75) is 19.9 Å². The molecule has 0 saturated carbocycles. The van der Waals surface area contributed by atoms with Crippen LogP contribution in [0.1, 0.15) is 13.8 Å². The van der Waals surface area contributed by atoms with Crippen LogP contribution in [0.3, 0.4) is 0 Å². The minimum atomic E-state index is -0.931. The standard InChI is InChI=1S/C5H11NO2.CH2O2.Na/c1-3(2)4(6)5(7)8;2-1-3;/h3-4H,6H2,1-2H3,(H,7,8);1H,(H,2,3);/q;;+1/p-1. The molecule has 66 valence electrons. The van der Waals surface area contributed by atoms with E-state index >= 15 is 0 Å². The third kappa shape index (κ3) is 12.6. The SMILES string of the molecule is CC(C)C(N)C(=O)O.O=C[O-].[Na+]. The summed E-state index contributed by atoms with van der Waals surface area (Å²) in [5.41, 5.74) is 5.16. The molecule has 0 bridgehead atoms. The first-order valence-electron chi connectivity index (χ1n) is 3.01. The Morgan fingerprint density at radius 2 is 1.83 bits per heavy atom. The Morgan fingerprint density at radius 3 is 1.83 bits per heavy atom. The third-order valence-corrected chi connectivity index (χ3v) is 1.00. The zero-order valence-corrected chi connectivity index (χ0v) is 9.48. The first-order valence-corrected chi connectivity index (χ1v) is 3.01. The predicted molar refractivity (Wildman–Crippen MR) is 36.5 cm³/mol. The van der Waals surface area contributed by atoms with Crippen LogP contribution < -0.4 is 40.4 Å². The van der Waals surface area contributed by atoms with Crippen molar-refractivity contribution >= 4 is 12.4 Å². The molecule has 0 rings (SSSR count). The van der Waals surface area contributed by atoms with Crippen molar-refractivity contribution in [3.63, 3.8) is 0 Å². The molecular formula is C6H12NNaO4. The van der Waals surface area contributed by atoms with E-state index < -0.39 is 18.5 Å². The van der Waals surface area contributed by atoms with Gasteiger partial charge in [0.1, 0.15) is 6.04 Å². The Bertz CT molecular complexity index is 129. The van der Waals surface area contributed by atoms with Crippen LogP contribution in [0.15, 0.2) is 0 Å². The van der Waals surface area contributed by atoms with Gasteiger partial charge in [0.25, 0.3) is 0 Å². The Morgan fingerprint density at radius 1 is 1.58 bits per heavy atom. The zero-order chi connectivity index (χ0) is 9.44. The van der Waals surface area contributed by atoms with Crippen molar-refractivity contribution in [2.24, 2.45) is 11.7 Å². The van der Waals surface area contributed by atoms with Gasteiger partial charge in [-0.15, -0.1) is 0 Å². The van der Waals surface area contributed by atoms with E-state index in [1.165, 1.54) is 0 Å². The summed E-state index contributed by atoms with van der Waals surface area (Å²) in [6, 6.07) is -0.713. The van der Waals surface area contributed by atoms with Gasteiger partial charge in [-0.3, -0.25) is 4.79 Å². The van der Waals surface area contributed by atoms with Crippen LogP contribution in [0.5, 0.6) is 0 Å². The first kappa shape index (κ1) is 17.8. The number of carbonyl (C=O) groups excluding carboxylic acids is 1. The molecule has 0 aromatic heterocycles. The van der Waals surface area contributed by atoms with Crippen LogP contribution in [0, 0.1) is 5.92 Å². The molecule has 12 heavy (non-hydrogen) atoms. The Balaban J connectivity index is -0.000000177. The normalized spacial score (nSPS) is 10.3. The van der Waals surface area contributed by atoms with Gasteiger partial charge < -0.3 is 20.7 Å². The second-order valence-corrected chi connectivity index (χ2v) is 2.20. The Labute approximate surface area is 93.2 Å². The molecule has 0 amide bonds. The van der Waals surface area contributed by atoms with Gasteiger partial charge in [0, 0.05) is 6.47 Å². The fraction of sp³-hybridized carbons (Fsp3) is 0.667. The maximum atomic E-state index is 10.0. The van der Waals surface area contributed by atoms with Crippen LogP contribution in [-0.2, 0) is 9.59 Å². The van der Waals surface area contributed by atoms with Crippen LogP contribution in [-0.4, -0.2) is 23.6 Å². The molecule has 0 aromatic rings. The van der Waals surface area contributed by atoms with Crippen molar-refractivity contribution in [3.8, 4) is 0 Å². The van der Waals surface area contributed by atoms with Crippen molar-refractivity contribution in [3.05, 3.63) is 0 Å². The summed E-state index contributed by atoms with van der Waals surface area (Å²) in [6.45, 7) is 3.05. The molecule has 6 heteroatoms. The second-order valence-electron chi connectivity index (χ2n) is 2.20. The van der Waals surface area contributed by atoms with Crippen molar-refractivity contribution < 1.29 is 49.4 Å². The number of carbonyl (C=O) groups is 2. The summed E-state index contributed by atoms with van der Waals surface area (Å²) in [5, 5.41) is 16.5. The zero-order valence-electron chi connectivity index (χ0n) is 7.48. The fourth-order valence-electron chi connectivity index (χ4n) is 0.285. The molecular weight excluding hydrogens is 173 g/mol. The molecule has 0 aliphatic heterocycles. The van der Waals surface area contributed by atoms with Crippen molar-refractivity contribution in [1.29, 1.82) is 0 Å². The molecule has 0 radical (unpaired) electrons. The Hall–Kier alpha value is -0.100. The minimum Gasteiger partial charge on any atom is -0.554 e. The molecule has 0 aliphatic carbocycles. The third-order valence-electron chi connectivity index (χ3n) is 1.00. The maximum absolute atomic E-state index is 10.0. The molecule has 1 atom stereocenters. The van der Waals surface area contributed by atoms with Crippen LogP contribution in [0.4, 0.5) is 0 Å². The van der Waals surface area contributed by atoms with E-state index in [1.807, 2.05) is 0 Å². The predicted octanol–water partition coefficient (Wildman–Crippen LogP) is -4.58. The largest absolute Gasteiger partial charge is 1.00 e. The number of hydrogen-bond acceptors (Lipinski definition) is 4. The van der Waals surface area contributed by atoms with Crippen molar-refractivity contribution in [1.82, 2.24) is 0 Å². The molecule has 0 aromatic carbocycles. The van der Waals surface area contributed by atoms with Crippen molar-refractivity contribution in [2.75, 3.05) is 0 Å². The summed E-state index contributed by atoms with van der Waals surface area (Å²) in [7, 11) is 0. The van der Waals surface area contributed by atoms with E-state index in [9.17, 15) is 4.79 Å². The molecule has 0 aliphatic rings. The van der Waals surface area contributed by atoms with E-state index in [1.54, 1.807) is 13.8 Å². The quantitative estimate of drug-likeness (QED) is 0.333. The van der Waals surface area contributed by atoms with E-state index in [-0.39, 0.29) is 35.5 Å². The monoisotopic (exact) mass is 185 g/mol. The van der Waals surface area contributed by atoms with E-state index in [4.69, 9.17) is 20.7 Å². The molecule has 0 spiro atoms. The average molecular weight is 185 g/mol. The van der Waals surface area contributed by atoms with Gasteiger partial charge in [-0.05, 0) is 5.92 Å². The number of carboxylic acids is 1. The molecule has 5 nitrogen and oxygen atoms in total. The summed E-state index contributed by atoms with van der Waals surface area (Å²) in [5.74, 6) is -0.910. The van der Waals surface area contributed by atoms with Gasteiger partial charge in [-0.1, -0.05) is 13.8 Å². The van der Waals surface area contributed by atoms with Gasteiger partial charge in [0.15, 0.2) is 0 Å². The first-order chi connectivity index (χ1) is 4.97. The van der Waals surface area contributed by atoms with Gasteiger partial charge in [-0.25, -0.2) is 0 Å². The van der Waals surface area contributed by atoms with Gasteiger partial charge >= 0.3 is 35.5 Å². The van der Waals surface area contributed by atoms with Crippen LogP contribution in [0.2, 0.25) is 0 Å². The summed E-state index contributed by atoms with van der Waals surface area (Å²) in [4.78, 5) is 18.3. The number of hydrogen-bond donors (Lipinski definition) is 2. The second kappa shape index (κ2) is 10.9. The summed E-state index contributed by atoms with van der Waals surface area (Å²) < 4.78 is 0. The fourth-order valence-corrected chi connectivity index (χ4v) is 0.285. The van der Waals surface area contributed by atoms with Crippen LogP contribution in [0.25, 0.3) is 0 Å². The summed E-state index contributed by atoms with van der Waals surface area (Å²) in [6.07, 6.45) is 0. The van der Waals surface area contributed by atoms with Gasteiger partial charge in [-0.2, -0.15) is 0 Å². The van der Waals surface area contributed by atoms with Crippen LogP contribution >= 0.6 is 0 Å². The molecule has 3 N–H and O–H groups in total. The number of nitrogens with two attached hydrogens (primary N) is 1. The minimum absolute atomic E-state index is 0. The number of carboxylic acid groups (broad SMARTS) is 2. The maximum Gasteiger partial charge on any atom is 1.00 e. The molecule has 0 fully saturated rings.